The largest absolute Gasteiger partial charge is 0.378 e. The molecule has 2 rings (SSSR count). The number of benzene rings is 1. The molecule has 0 spiro atoms. The zero-order valence-electron chi connectivity index (χ0n) is 9.88. The van der Waals surface area contributed by atoms with Gasteiger partial charge in [0, 0.05) is 13.3 Å². The Morgan fingerprint density at radius 3 is 2.94 bits per heavy atom. The van der Waals surface area contributed by atoms with Gasteiger partial charge in [0.1, 0.15) is 0 Å². The molecule has 0 fully saturated rings. The van der Waals surface area contributed by atoms with Gasteiger partial charge < -0.3 is 4.74 Å². The van der Waals surface area contributed by atoms with Gasteiger partial charge in [-0.3, -0.25) is 4.79 Å². The molecule has 0 unspecified atom stereocenters. The zero-order chi connectivity index (χ0) is 12.3. The van der Waals surface area contributed by atoms with Crippen molar-refractivity contribution in [2.75, 3.05) is 7.11 Å². The van der Waals surface area contributed by atoms with E-state index in [1.54, 1.807) is 18.0 Å². The summed E-state index contributed by atoms with van der Waals surface area (Å²) in [7, 11) is 1.58. The fourth-order valence-corrected chi connectivity index (χ4v) is 1.67. The molecule has 0 aliphatic carbocycles. The van der Waals surface area contributed by atoms with E-state index in [0.29, 0.717) is 17.9 Å². The Labute approximate surface area is 99.8 Å². The molecule has 1 aromatic heterocycles. The SMILES string of the molecule is COCc1nn(-c2cccc(C)c2)cc1C=O. The van der Waals surface area contributed by atoms with E-state index in [4.69, 9.17) is 4.74 Å². The summed E-state index contributed by atoms with van der Waals surface area (Å²) in [5, 5.41) is 4.34. The summed E-state index contributed by atoms with van der Waals surface area (Å²) in [6.45, 7) is 2.36. The van der Waals surface area contributed by atoms with Crippen LogP contribution >= 0.6 is 0 Å². The van der Waals surface area contributed by atoms with E-state index < -0.39 is 0 Å². The predicted octanol–water partition coefficient (Wildman–Crippen LogP) is 2.14. The molecule has 1 aromatic carbocycles. The van der Waals surface area contributed by atoms with Gasteiger partial charge in [-0.25, -0.2) is 4.68 Å². The normalized spacial score (nSPS) is 10.5. The molecule has 0 atom stereocenters. The fourth-order valence-electron chi connectivity index (χ4n) is 1.67. The lowest BCUT2D eigenvalue weighted by Crippen LogP contribution is -1.97. The predicted molar refractivity (Wildman–Crippen MR) is 64.4 cm³/mol. The lowest BCUT2D eigenvalue weighted by Gasteiger charge is -2.01. The van der Waals surface area contributed by atoms with Gasteiger partial charge in [0.2, 0.25) is 0 Å². The van der Waals surface area contributed by atoms with Crippen LogP contribution in [-0.2, 0) is 11.3 Å². The molecule has 4 heteroatoms. The number of methoxy groups -OCH3 is 1. The Balaban J connectivity index is 2.42. The number of aryl methyl sites for hydroxylation is 1. The van der Waals surface area contributed by atoms with Gasteiger partial charge >= 0.3 is 0 Å². The maximum Gasteiger partial charge on any atom is 0.153 e. The summed E-state index contributed by atoms with van der Waals surface area (Å²) >= 11 is 0. The van der Waals surface area contributed by atoms with Crippen LogP contribution < -0.4 is 0 Å². The van der Waals surface area contributed by atoms with Crippen LogP contribution in [0.4, 0.5) is 0 Å². The van der Waals surface area contributed by atoms with Gasteiger partial charge in [0.15, 0.2) is 6.29 Å². The van der Waals surface area contributed by atoms with Gasteiger partial charge in [0.05, 0.1) is 23.6 Å². The van der Waals surface area contributed by atoms with E-state index in [-0.39, 0.29) is 0 Å². The van der Waals surface area contributed by atoms with Crippen molar-refractivity contribution in [3.63, 3.8) is 0 Å². The van der Waals surface area contributed by atoms with Crippen LogP contribution in [0.1, 0.15) is 21.6 Å². The highest BCUT2D eigenvalue weighted by molar-refractivity contribution is 5.76. The number of hydrogen-bond donors (Lipinski definition) is 0. The Morgan fingerprint density at radius 2 is 2.29 bits per heavy atom. The number of carbonyl (C=O) groups excluding carboxylic acids is 1. The van der Waals surface area contributed by atoms with Crippen molar-refractivity contribution in [2.45, 2.75) is 13.5 Å². The number of hydrogen-bond acceptors (Lipinski definition) is 3. The maximum absolute atomic E-state index is 10.9. The molecular formula is C13H14N2O2. The molecular weight excluding hydrogens is 216 g/mol. The summed E-state index contributed by atoms with van der Waals surface area (Å²) in [5.41, 5.74) is 3.31. The average molecular weight is 230 g/mol. The summed E-state index contributed by atoms with van der Waals surface area (Å²) in [5.74, 6) is 0. The van der Waals surface area contributed by atoms with Crippen molar-refractivity contribution >= 4 is 6.29 Å². The minimum Gasteiger partial charge on any atom is -0.378 e. The van der Waals surface area contributed by atoms with Gasteiger partial charge in [-0.1, -0.05) is 12.1 Å². The van der Waals surface area contributed by atoms with Crippen molar-refractivity contribution in [3.8, 4) is 5.69 Å². The lowest BCUT2D eigenvalue weighted by atomic mass is 10.2. The highest BCUT2D eigenvalue weighted by atomic mass is 16.5. The summed E-state index contributed by atoms with van der Waals surface area (Å²) in [6, 6.07) is 7.94. The van der Waals surface area contributed by atoms with E-state index in [2.05, 4.69) is 5.10 Å². The van der Waals surface area contributed by atoms with E-state index in [9.17, 15) is 4.79 Å². The van der Waals surface area contributed by atoms with Gasteiger partial charge in [0.25, 0.3) is 0 Å². The molecule has 2 aromatic rings. The van der Waals surface area contributed by atoms with Crippen molar-refractivity contribution in [2.24, 2.45) is 0 Å². The monoisotopic (exact) mass is 230 g/mol. The first-order valence-corrected chi connectivity index (χ1v) is 5.34. The third kappa shape index (κ3) is 2.42. The van der Waals surface area contributed by atoms with Crippen molar-refractivity contribution in [1.82, 2.24) is 9.78 Å². The van der Waals surface area contributed by atoms with Crippen LogP contribution in [-0.4, -0.2) is 23.2 Å². The molecule has 4 nitrogen and oxygen atoms in total. The van der Waals surface area contributed by atoms with Gasteiger partial charge in [-0.15, -0.1) is 0 Å². The van der Waals surface area contributed by atoms with Crippen LogP contribution in [0.15, 0.2) is 30.5 Å². The number of aromatic nitrogens is 2. The number of aldehydes is 1. The number of ether oxygens (including phenoxy) is 1. The summed E-state index contributed by atoms with van der Waals surface area (Å²) in [6.07, 6.45) is 2.52. The Hall–Kier alpha value is -1.94. The van der Waals surface area contributed by atoms with Crippen LogP contribution in [0.3, 0.4) is 0 Å². The standard InChI is InChI=1S/C13H14N2O2/c1-10-4-3-5-12(6-10)15-7-11(8-16)13(14-15)9-17-2/h3-8H,9H2,1-2H3. The molecule has 0 saturated carbocycles. The Kier molecular flexibility index (Phi) is 3.35. The molecule has 1 heterocycles. The maximum atomic E-state index is 10.9. The number of carbonyl (C=O) groups is 1. The average Bonchev–Trinajstić information content (AvgIpc) is 2.73. The topological polar surface area (TPSA) is 44.1 Å². The molecule has 0 saturated heterocycles. The number of rotatable bonds is 4. The third-order valence-corrected chi connectivity index (χ3v) is 2.50. The zero-order valence-corrected chi connectivity index (χ0v) is 9.88. The van der Waals surface area contributed by atoms with Crippen LogP contribution in [0.25, 0.3) is 5.69 Å². The first-order chi connectivity index (χ1) is 8.24. The molecule has 88 valence electrons. The molecule has 0 radical (unpaired) electrons. The quantitative estimate of drug-likeness (QED) is 0.756. The molecule has 0 N–H and O–H groups in total. The molecule has 17 heavy (non-hydrogen) atoms. The van der Waals surface area contributed by atoms with Crippen LogP contribution in [0.2, 0.25) is 0 Å². The highest BCUT2D eigenvalue weighted by Crippen LogP contribution is 2.13. The fraction of sp³-hybridized carbons (Fsp3) is 0.231. The van der Waals surface area contributed by atoms with E-state index in [0.717, 1.165) is 17.5 Å². The highest BCUT2D eigenvalue weighted by Gasteiger charge is 2.08. The van der Waals surface area contributed by atoms with Gasteiger partial charge in [-0.2, -0.15) is 5.10 Å². The van der Waals surface area contributed by atoms with Crippen molar-refractivity contribution in [3.05, 3.63) is 47.3 Å². The molecule has 0 bridgehead atoms. The number of nitrogens with zero attached hydrogens (tertiary/aromatic N) is 2. The second kappa shape index (κ2) is 4.93. The van der Waals surface area contributed by atoms with E-state index in [1.807, 2.05) is 31.2 Å². The van der Waals surface area contributed by atoms with Crippen LogP contribution in [0, 0.1) is 6.92 Å². The third-order valence-electron chi connectivity index (χ3n) is 2.50. The Bertz CT molecular complexity index is 532. The summed E-state index contributed by atoms with van der Waals surface area (Å²) < 4.78 is 6.71. The minimum absolute atomic E-state index is 0.340. The van der Waals surface area contributed by atoms with Crippen molar-refractivity contribution in [1.29, 1.82) is 0 Å². The second-order valence-electron chi connectivity index (χ2n) is 3.87. The summed E-state index contributed by atoms with van der Waals surface area (Å²) in [4.78, 5) is 10.9. The first kappa shape index (κ1) is 11.5. The first-order valence-electron chi connectivity index (χ1n) is 5.34. The van der Waals surface area contributed by atoms with Gasteiger partial charge in [-0.05, 0) is 24.6 Å². The molecule has 0 aliphatic rings. The molecule has 0 amide bonds. The van der Waals surface area contributed by atoms with Crippen LogP contribution in [0.5, 0.6) is 0 Å². The smallest absolute Gasteiger partial charge is 0.153 e. The minimum atomic E-state index is 0.340. The van der Waals surface area contributed by atoms with E-state index in [1.165, 1.54) is 0 Å². The Morgan fingerprint density at radius 1 is 1.47 bits per heavy atom. The lowest BCUT2D eigenvalue weighted by molar-refractivity contribution is 0.111. The van der Waals surface area contributed by atoms with E-state index >= 15 is 0 Å². The molecule has 0 aliphatic heterocycles. The second-order valence-corrected chi connectivity index (χ2v) is 3.87. The van der Waals surface area contributed by atoms with Crippen molar-refractivity contribution < 1.29 is 9.53 Å².